The molecule has 0 aliphatic carbocycles. The third-order valence-electron chi connectivity index (χ3n) is 4.57. The van der Waals surface area contributed by atoms with Crippen LogP contribution >= 0.6 is 25.1 Å². The third kappa shape index (κ3) is 3.39. The van der Waals surface area contributed by atoms with E-state index >= 15 is 0 Å². The van der Waals surface area contributed by atoms with Gasteiger partial charge in [-0.1, -0.05) is 41.9 Å². The maximum absolute atomic E-state index is 6.24. The van der Waals surface area contributed by atoms with Gasteiger partial charge < -0.3 is 10.3 Å². The molecule has 0 saturated carbocycles. The fourth-order valence-corrected chi connectivity index (χ4v) is 3.38. The fourth-order valence-electron chi connectivity index (χ4n) is 3.21. The zero-order valence-corrected chi connectivity index (χ0v) is 17.1. The zero-order chi connectivity index (χ0) is 19.1. The molecule has 1 aromatic carbocycles. The molecule has 4 heterocycles. The molecule has 5 rings (SSSR count). The summed E-state index contributed by atoms with van der Waals surface area (Å²) in [6, 6.07) is 11.9. The average Bonchev–Trinajstić information content (AvgIpc) is 3.35. The Balaban J connectivity index is 0.00000205. The molecule has 29 heavy (non-hydrogen) atoms. The van der Waals surface area contributed by atoms with Crippen LogP contribution in [0, 0.1) is 0 Å². The number of hydrogen-bond acceptors (Lipinski definition) is 6. The monoisotopic (exact) mass is 424 g/mol. The van der Waals surface area contributed by atoms with Crippen molar-refractivity contribution in [1.82, 2.24) is 34.5 Å². The van der Waals surface area contributed by atoms with Crippen LogP contribution in [0.25, 0.3) is 28.1 Å². The molecule has 8 nitrogen and oxygen atoms in total. The van der Waals surface area contributed by atoms with E-state index < -0.39 is 0 Å². The highest BCUT2D eigenvalue weighted by Crippen LogP contribution is 2.30. The minimum atomic E-state index is -0.107. The second-order valence-electron chi connectivity index (χ2n) is 6.35. The lowest BCUT2D eigenvalue weighted by Gasteiger charge is -2.18. The number of hydrogen-bond donors (Lipinski definition) is 2. The number of halogens is 1. The van der Waals surface area contributed by atoms with Crippen LogP contribution in [0.15, 0.2) is 55.2 Å². The standard InChI is InChI=1S/C19H15ClN8.H2S/c1-11(26-19-17-18(23-9-22-17)24-10-25-19)13-7-15-21-8-14(20)28(15)27-16(13)12-5-3-2-4-6-12;/h2-11H,1H3,(H2,22,23,24,25,26);1H2/t11-;/m1./s1. The first-order chi connectivity index (χ1) is 13.7. The highest BCUT2D eigenvalue weighted by atomic mass is 35.5. The zero-order valence-electron chi connectivity index (χ0n) is 15.3. The number of nitrogens with zero attached hydrogens (tertiary/aromatic N) is 6. The van der Waals surface area contributed by atoms with Crippen molar-refractivity contribution in [1.29, 1.82) is 0 Å². The van der Waals surface area contributed by atoms with Gasteiger partial charge in [-0.3, -0.25) is 0 Å². The van der Waals surface area contributed by atoms with E-state index in [1.807, 2.05) is 36.4 Å². The van der Waals surface area contributed by atoms with Crippen molar-refractivity contribution in [3.63, 3.8) is 0 Å². The lowest BCUT2D eigenvalue weighted by atomic mass is 10.0. The van der Waals surface area contributed by atoms with E-state index in [1.165, 1.54) is 6.33 Å². The molecule has 2 N–H and O–H groups in total. The summed E-state index contributed by atoms with van der Waals surface area (Å²) in [5.41, 5.74) is 4.85. The van der Waals surface area contributed by atoms with Crippen LogP contribution in [0.1, 0.15) is 18.5 Å². The molecule has 5 aromatic rings. The number of rotatable bonds is 4. The lowest BCUT2D eigenvalue weighted by Crippen LogP contribution is -2.12. The highest BCUT2D eigenvalue weighted by Gasteiger charge is 2.18. The Morgan fingerprint density at radius 2 is 1.93 bits per heavy atom. The van der Waals surface area contributed by atoms with Gasteiger partial charge in [-0.25, -0.2) is 24.5 Å². The molecule has 10 heteroatoms. The van der Waals surface area contributed by atoms with Crippen LogP contribution in [0.2, 0.25) is 5.15 Å². The first-order valence-electron chi connectivity index (χ1n) is 8.71. The maximum atomic E-state index is 6.24. The number of anilines is 1. The van der Waals surface area contributed by atoms with Gasteiger partial charge in [0.2, 0.25) is 0 Å². The molecule has 0 unspecified atom stereocenters. The minimum Gasteiger partial charge on any atom is -0.362 e. The van der Waals surface area contributed by atoms with E-state index in [1.54, 1.807) is 17.0 Å². The van der Waals surface area contributed by atoms with Crippen molar-refractivity contribution in [3.8, 4) is 11.3 Å². The average molecular weight is 425 g/mol. The van der Waals surface area contributed by atoms with Crippen molar-refractivity contribution in [2.75, 3.05) is 5.32 Å². The minimum absolute atomic E-state index is 0. The molecule has 0 saturated heterocycles. The second-order valence-corrected chi connectivity index (χ2v) is 6.74. The summed E-state index contributed by atoms with van der Waals surface area (Å²) in [6.07, 6.45) is 4.69. The molecule has 0 fully saturated rings. The molecule has 0 bridgehead atoms. The number of fused-ring (bicyclic) bond motifs is 2. The Morgan fingerprint density at radius 1 is 1.10 bits per heavy atom. The number of aromatic nitrogens is 7. The number of H-pyrrole nitrogens is 1. The number of nitrogens with one attached hydrogen (secondary N) is 2. The van der Waals surface area contributed by atoms with Gasteiger partial charge in [-0.2, -0.15) is 18.6 Å². The lowest BCUT2D eigenvalue weighted by molar-refractivity contribution is 0.842. The highest BCUT2D eigenvalue weighted by molar-refractivity contribution is 7.59. The number of benzene rings is 1. The predicted octanol–water partition coefficient (Wildman–Crippen LogP) is 4.00. The van der Waals surface area contributed by atoms with Gasteiger partial charge in [0.05, 0.1) is 24.3 Å². The largest absolute Gasteiger partial charge is 0.362 e. The number of imidazole rings is 2. The van der Waals surface area contributed by atoms with Crippen LogP contribution in [0.5, 0.6) is 0 Å². The first kappa shape index (κ1) is 19.2. The Labute approximate surface area is 177 Å². The van der Waals surface area contributed by atoms with Crippen LogP contribution < -0.4 is 5.32 Å². The maximum Gasteiger partial charge on any atom is 0.182 e. The van der Waals surface area contributed by atoms with Crippen molar-refractivity contribution < 1.29 is 0 Å². The van der Waals surface area contributed by atoms with Gasteiger partial charge in [-0.05, 0) is 13.0 Å². The van der Waals surface area contributed by atoms with Crippen molar-refractivity contribution >= 4 is 47.7 Å². The topological polar surface area (TPSA) is 96.7 Å². The second kappa shape index (κ2) is 7.69. The first-order valence-corrected chi connectivity index (χ1v) is 9.09. The Bertz CT molecular complexity index is 1280. The van der Waals surface area contributed by atoms with Gasteiger partial charge >= 0.3 is 0 Å². The Hall–Kier alpha value is -3.17. The van der Waals surface area contributed by atoms with E-state index in [0.29, 0.717) is 22.3 Å². The Morgan fingerprint density at radius 3 is 2.76 bits per heavy atom. The number of aromatic amines is 1. The van der Waals surface area contributed by atoms with Gasteiger partial charge in [0.15, 0.2) is 22.3 Å². The molecule has 0 amide bonds. The van der Waals surface area contributed by atoms with Gasteiger partial charge in [0, 0.05) is 11.1 Å². The molecular weight excluding hydrogens is 408 g/mol. The van der Waals surface area contributed by atoms with E-state index in [-0.39, 0.29) is 19.5 Å². The molecule has 0 aliphatic heterocycles. The summed E-state index contributed by atoms with van der Waals surface area (Å²) in [5.74, 6) is 0.676. The molecule has 4 aromatic heterocycles. The summed E-state index contributed by atoms with van der Waals surface area (Å²) in [7, 11) is 0. The molecular formula is C19H17ClN8S. The van der Waals surface area contributed by atoms with Crippen LogP contribution in [0.3, 0.4) is 0 Å². The van der Waals surface area contributed by atoms with E-state index in [4.69, 9.17) is 16.7 Å². The summed E-state index contributed by atoms with van der Waals surface area (Å²) in [4.78, 5) is 20.1. The van der Waals surface area contributed by atoms with Crippen LogP contribution in [-0.4, -0.2) is 34.5 Å². The van der Waals surface area contributed by atoms with Crippen LogP contribution in [0.4, 0.5) is 5.82 Å². The van der Waals surface area contributed by atoms with Gasteiger partial charge in [0.25, 0.3) is 0 Å². The molecule has 0 radical (unpaired) electrons. The van der Waals surface area contributed by atoms with Crippen molar-refractivity contribution in [3.05, 3.63) is 66.0 Å². The summed E-state index contributed by atoms with van der Waals surface area (Å²) < 4.78 is 1.64. The SMILES string of the molecule is C[C@@H](Nc1ncnc2nc[nH]c12)c1cc2ncc(Cl)n2nc1-c1ccccc1.S. The molecule has 146 valence electrons. The molecule has 0 spiro atoms. The predicted molar refractivity (Wildman–Crippen MR) is 118 cm³/mol. The van der Waals surface area contributed by atoms with E-state index in [0.717, 1.165) is 22.3 Å². The van der Waals surface area contributed by atoms with Crippen molar-refractivity contribution in [2.24, 2.45) is 0 Å². The van der Waals surface area contributed by atoms with E-state index in [2.05, 4.69) is 37.2 Å². The normalized spacial score (nSPS) is 12.1. The van der Waals surface area contributed by atoms with Crippen LogP contribution in [-0.2, 0) is 0 Å². The van der Waals surface area contributed by atoms with Crippen molar-refractivity contribution in [2.45, 2.75) is 13.0 Å². The summed E-state index contributed by atoms with van der Waals surface area (Å²) in [5, 5.41) is 8.65. The quantitative estimate of drug-likeness (QED) is 0.452. The summed E-state index contributed by atoms with van der Waals surface area (Å²) >= 11 is 6.24. The van der Waals surface area contributed by atoms with E-state index in [9.17, 15) is 0 Å². The molecule has 0 aliphatic rings. The molecule has 1 atom stereocenters. The summed E-state index contributed by atoms with van der Waals surface area (Å²) in [6.45, 7) is 2.05. The smallest absolute Gasteiger partial charge is 0.182 e. The van der Waals surface area contributed by atoms with Gasteiger partial charge in [0.1, 0.15) is 11.8 Å². The third-order valence-corrected chi connectivity index (χ3v) is 4.83. The van der Waals surface area contributed by atoms with Gasteiger partial charge in [-0.15, -0.1) is 0 Å². The fraction of sp³-hybridized carbons (Fsp3) is 0.105. The Kier molecular flexibility index (Phi) is 5.08.